The van der Waals surface area contributed by atoms with E-state index in [4.69, 9.17) is 0 Å². The molecule has 1 saturated heterocycles. The summed E-state index contributed by atoms with van der Waals surface area (Å²) in [4.78, 5) is 27.2. The lowest BCUT2D eigenvalue weighted by Crippen LogP contribution is -2.44. The van der Waals surface area contributed by atoms with Crippen LogP contribution >= 0.6 is 23.1 Å². The van der Waals surface area contributed by atoms with Crippen molar-refractivity contribution in [2.24, 2.45) is 0 Å². The molecule has 0 radical (unpaired) electrons. The van der Waals surface area contributed by atoms with Gasteiger partial charge in [0, 0.05) is 21.4 Å². The Bertz CT molecular complexity index is 1150. The quantitative estimate of drug-likeness (QED) is 0.613. The molecule has 0 aliphatic carbocycles. The van der Waals surface area contributed by atoms with Crippen LogP contribution in [-0.4, -0.2) is 27.7 Å². The molecule has 154 valence electrons. The number of rotatable bonds is 4. The maximum Gasteiger partial charge on any atom is 0.273 e. The molecule has 30 heavy (non-hydrogen) atoms. The summed E-state index contributed by atoms with van der Waals surface area (Å²) in [6.45, 7) is 1.96. The van der Waals surface area contributed by atoms with Gasteiger partial charge in [0.2, 0.25) is 0 Å². The van der Waals surface area contributed by atoms with E-state index in [9.17, 15) is 23.5 Å². The second-order valence-corrected chi connectivity index (χ2v) is 9.06. The summed E-state index contributed by atoms with van der Waals surface area (Å²) in [6.07, 6.45) is 0. The third-order valence-electron chi connectivity index (χ3n) is 4.58. The zero-order chi connectivity index (χ0) is 21.4. The van der Waals surface area contributed by atoms with Gasteiger partial charge in [0.1, 0.15) is 22.8 Å². The molecule has 2 heterocycles. The van der Waals surface area contributed by atoms with Gasteiger partial charge in [0.05, 0.1) is 11.3 Å². The first-order valence-electron chi connectivity index (χ1n) is 8.93. The van der Waals surface area contributed by atoms with Gasteiger partial charge in [-0.15, -0.1) is 23.1 Å². The summed E-state index contributed by atoms with van der Waals surface area (Å²) >= 11 is 2.93. The van der Waals surface area contributed by atoms with E-state index < -0.39 is 17.5 Å². The smallest absolute Gasteiger partial charge is 0.273 e. The van der Waals surface area contributed by atoms with Gasteiger partial charge in [0.15, 0.2) is 0 Å². The number of aryl methyl sites for hydroxylation is 1. The van der Waals surface area contributed by atoms with Gasteiger partial charge in [-0.2, -0.15) is 0 Å². The number of nitrogens with zero attached hydrogens (tertiary/aromatic N) is 1. The number of carbonyl (C=O) groups is 2. The molecule has 1 aliphatic rings. The number of hydrazine groups is 1. The first-order valence-corrected chi connectivity index (χ1v) is 10.8. The van der Waals surface area contributed by atoms with E-state index >= 15 is 0 Å². The first kappa shape index (κ1) is 20.4. The molecule has 3 aromatic rings. The highest BCUT2D eigenvalue weighted by Crippen LogP contribution is 2.40. The Balaban J connectivity index is 1.62. The highest BCUT2D eigenvalue weighted by atomic mass is 32.2. The van der Waals surface area contributed by atoms with Crippen molar-refractivity contribution in [1.82, 2.24) is 10.4 Å². The van der Waals surface area contributed by atoms with Gasteiger partial charge < -0.3 is 5.11 Å². The van der Waals surface area contributed by atoms with Crippen LogP contribution in [0, 0.1) is 18.6 Å². The molecule has 2 N–H and O–H groups in total. The van der Waals surface area contributed by atoms with Crippen LogP contribution in [0.2, 0.25) is 0 Å². The topological polar surface area (TPSA) is 69.6 Å². The fourth-order valence-corrected chi connectivity index (χ4v) is 5.32. The summed E-state index contributed by atoms with van der Waals surface area (Å²) in [5, 5.41) is 11.1. The Morgan fingerprint density at radius 2 is 1.97 bits per heavy atom. The van der Waals surface area contributed by atoms with Crippen LogP contribution in [0.5, 0.6) is 5.75 Å². The predicted octanol–water partition coefficient (Wildman–Crippen LogP) is 4.63. The fourth-order valence-electron chi connectivity index (χ4n) is 3.12. The number of halogens is 2. The molecule has 1 fully saturated rings. The van der Waals surface area contributed by atoms with E-state index in [-0.39, 0.29) is 33.9 Å². The third-order valence-corrected chi connectivity index (χ3v) is 6.97. The molecule has 5 nitrogen and oxygen atoms in total. The average molecular weight is 447 g/mol. The Labute approximate surface area is 179 Å². The molecule has 2 aromatic carbocycles. The Kier molecular flexibility index (Phi) is 5.48. The van der Waals surface area contributed by atoms with Crippen molar-refractivity contribution in [2.75, 3.05) is 5.75 Å². The minimum absolute atomic E-state index is 0.0881. The van der Waals surface area contributed by atoms with Crippen molar-refractivity contribution in [3.63, 3.8) is 0 Å². The number of benzene rings is 2. The van der Waals surface area contributed by atoms with Crippen LogP contribution in [0.1, 0.15) is 25.5 Å². The molecule has 4 rings (SSSR count). The minimum atomic E-state index is -0.786. The summed E-state index contributed by atoms with van der Waals surface area (Å²) in [5.74, 6) is -2.56. The molecule has 0 bridgehead atoms. The number of phenols is 1. The number of amides is 2. The number of hydrogen-bond acceptors (Lipinski definition) is 5. The largest absolute Gasteiger partial charge is 0.507 e. The van der Waals surface area contributed by atoms with E-state index in [0.717, 1.165) is 21.9 Å². The van der Waals surface area contributed by atoms with Crippen molar-refractivity contribution in [3.05, 3.63) is 75.5 Å². The number of thiophene rings is 1. The molecule has 2 amide bonds. The summed E-state index contributed by atoms with van der Waals surface area (Å²) < 4.78 is 27.3. The van der Waals surface area contributed by atoms with Gasteiger partial charge in [0.25, 0.3) is 11.8 Å². The molecule has 1 unspecified atom stereocenters. The van der Waals surface area contributed by atoms with Crippen LogP contribution in [0.3, 0.4) is 0 Å². The van der Waals surface area contributed by atoms with Crippen LogP contribution in [0.15, 0.2) is 48.5 Å². The molecule has 0 spiro atoms. The van der Waals surface area contributed by atoms with E-state index in [1.54, 1.807) is 0 Å². The fraction of sp³-hybridized carbons (Fsp3) is 0.143. The van der Waals surface area contributed by atoms with E-state index in [1.165, 1.54) is 52.4 Å². The molecule has 1 atom stereocenters. The second kappa shape index (κ2) is 8.08. The summed E-state index contributed by atoms with van der Waals surface area (Å²) in [7, 11) is 0. The van der Waals surface area contributed by atoms with Crippen molar-refractivity contribution >= 4 is 34.9 Å². The Morgan fingerprint density at radius 1 is 1.17 bits per heavy atom. The van der Waals surface area contributed by atoms with Gasteiger partial charge in [-0.05, 0) is 48.9 Å². The molecular formula is C21H16F2N2O3S2. The molecule has 1 aliphatic heterocycles. The van der Waals surface area contributed by atoms with Crippen molar-refractivity contribution in [1.29, 1.82) is 0 Å². The Morgan fingerprint density at radius 3 is 2.67 bits per heavy atom. The van der Waals surface area contributed by atoms with Crippen LogP contribution in [0.4, 0.5) is 8.78 Å². The molecule has 1 aromatic heterocycles. The van der Waals surface area contributed by atoms with Crippen molar-refractivity contribution in [3.8, 4) is 16.9 Å². The number of hydrogen-bond donors (Lipinski definition) is 2. The van der Waals surface area contributed by atoms with Gasteiger partial charge in [-0.3, -0.25) is 15.0 Å². The zero-order valence-corrected chi connectivity index (χ0v) is 17.3. The maximum atomic E-state index is 14.1. The van der Waals surface area contributed by atoms with E-state index in [2.05, 4.69) is 5.43 Å². The third kappa shape index (κ3) is 3.90. The number of aromatic hydroxyl groups is 1. The molecule has 9 heteroatoms. The Hall–Kier alpha value is -2.91. The van der Waals surface area contributed by atoms with Crippen LogP contribution in [0.25, 0.3) is 11.1 Å². The van der Waals surface area contributed by atoms with Gasteiger partial charge in [-0.1, -0.05) is 6.07 Å². The number of carbonyl (C=O) groups excluding carboxylic acids is 2. The molecular weight excluding hydrogens is 430 g/mol. The monoisotopic (exact) mass is 446 g/mol. The lowest BCUT2D eigenvalue weighted by Gasteiger charge is -2.23. The minimum Gasteiger partial charge on any atom is -0.507 e. The van der Waals surface area contributed by atoms with Crippen LogP contribution < -0.4 is 5.43 Å². The van der Waals surface area contributed by atoms with E-state index in [0.29, 0.717) is 5.56 Å². The summed E-state index contributed by atoms with van der Waals surface area (Å²) in [5.41, 5.74) is 2.82. The normalized spacial score (nSPS) is 16.2. The zero-order valence-electron chi connectivity index (χ0n) is 15.7. The lowest BCUT2D eigenvalue weighted by molar-refractivity contribution is -0.130. The highest BCUT2D eigenvalue weighted by Gasteiger charge is 2.35. The highest BCUT2D eigenvalue weighted by molar-refractivity contribution is 8.00. The standard InChI is InChI=1S/C21H16F2N2O3S2/c1-11-2-7-18(30-11)21-25(19(27)10-29-21)24-20(28)15-8-12(3-6-17(15)26)14-5-4-13(22)9-16(14)23/h2-9,21,26H,10H2,1H3,(H,24,28). The number of nitrogens with one attached hydrogen (secondary N) is 1. The van der Waals surface area contributed by atoms with Gasteiger partial charge in [-0.25, -0.2) is 13.8 Å². The summed E-state index contributed by atoms with van der Waals surface area (Å²) in [6, 6.07) is 11.0. The predicted molar refractivity (Wildman–Crippen MR) is 112 cm³/mol. The SMILES string of the molecule is Cc1ccc(C2SCC(=O)N2NC(=O)c2cc(-c3ccc(F)cc3F)ccc2O)s1. The lowest BCUT2D eigenvalue weighted by atomic mass is 10.0. The number of phenolic OH excluding ortho intramolecular Hbond substituents is 1. The van der Waals surface area contributed by atoms with Crippen molar-refractivity contribution in [2.45, 2.75) is 12.3 Å². The van der Waals surface area contributed by atoms with Crippen LogP contribution in [-0.2, 0) is 4.79 Å². The second-order valence-electron chi connectivity index (χ2n) is 6.67. The van der Waals surface area contributed by atoms with E-state index in [1.807, 2.05) is 19.1 Å². The number of thioether (sulfide) groups is 1. The average Bonchev–Trinajstić information content (AvgIpc) is 3.28. The van der Waals surface area contributed by atoms with Crippen molar-refractivity contribution < 1.29 is 23.5 Å². The first-order chi connectivity index (χ1) is 14.3. The molecule has 0 saturated carbocycles. The maximum absolute atomic E-state index is 14.1. The van der Waals surface area contributed by atoms with Gasteiger partial charge >= 0.3 is 0 Å².